The number of nitrogens with one attached hydrogen (secondary N) is 2. The summed E-state index contributed by atoms with van der Waals surface area (Å²) in [6, 6.07) is 2.46. The molecular formula is C15H26N2O2. The van der Waals surface area contributed by atoms with Crippen molar-refractivity contribution < 1.29 is 9.21 Å². The molecule has 0 aromatic carbocycles. The molecule has 0 aliphatic carbocycles. The Morgan fingerprint density at radius 2 is 2.00 bits per heavy atom. The largest absolute Gasteiger partial charge is 0.466 e. The normalized spacial score (nSPS) is 12.7. The second kappa shape index (κ2) is 7.34. The third-order valence-electron chi connectivity index (χ3n) is 3.06. The number of hydrogen-bond acceptors (Lipinski definition) is 3. The van der Waals surface area contributed by atoms with E-state index in [1.807, 2.05) is 26.8 Å². The number of furan rings is 1. The van der Waals surface area contributed by atoms with Crippen LogP contribution in [0.2, 0.25) is 0 Å². The van der Waals surface area contributed by atoms with Gasteiger partial charge in [0.15, 0.2) is 0 Å². The number of aryl methyl sites for hydroxylation is 2. The van der Waals surface area contributed by atoms with E-state index in [0.29, 0.717) is 12.5 Å². The zero-order valence-electron chi connectivity index (χ0n) is 12.7. The first kappa shape index (κ1) is 15.8. The van der Waals surface area contributed by atoms with Gasteiger partial charge in [-0.15, -0.1) is 0 Å². The summed E-state index contributed by atoms with van der Waals surface area (Å²) < 4.78 is 5.48. The van der Waals surface area contributed by atoms with E-state index in [1.165, 1.54) is 0 Å². The number of amides is 1. The predicted octanol–water partition coefficient (Wildman–Crippen LogP) is 2.85. The van der Waals surface area contributed by atoms with Crippen molar-refractivity contribution in [1.82, 2.24) is 10.6 Å². The smallest absolute Gasteiger partial charge is 0.220 e. The molecule has 1 amide bonds. The van der Waals surface area contributed by atoms with Crippen LogP contribution in [0.3, 0.4) is 0 Å². The Hall–Kier alpha value is -1.29. The molecule has 108 valence electrons. The second-order valence-corrected chi connectivity index (χ2v) is 5.37. The summed E-state index contributed by atoms with van der Waals surface area (Å²) in [6.45, 7) is 10.9. The third-order valence-corrected chi connectivity index (χ3v) is 3.06. The minimum atomic E-state index is 0.00279. The van der Waals surface area contributed by atoms with E-state index in [2.05, 4.69) is 24.5 Å². The molecule has 0 saturated heterocycles. The molecule has 0 saturated carbocycles. The predicted molar refractivity (Wildman–Crippen MR) is 77.1 cm³/mol. The zero-order chi connectivity index (χ0) is 14.4. The first-order chi connectivity index (χ1) is 8.90. The van der Waals surface area contributed by atoms with Gasteiger partial charge in [-0.25, -0.2) is 0 Å². The van der Waals surface area contributed by atoms with Crippen LogP contribution in [0.5, 0.6) is 0 Å². The van der Waals surface area contributed by atoms with E-state index >= 15 is 0 Å². The molecule has 0 spiro atoms. The Balaban J connectivity index is 2.34. The van der Waals surface area contributed by atoms with Crippen molar-refractivity contribution in [1.29, 1.82) is 0 Å². The topological polar surface area (TPSA) is 54.3 Å². The van der Waals surface area contributed by atoms with Gasteiger partial charge < -0.3 is 15.1 Å². The molecule has 4 heteroatoms. The van der Waals surface area contributed by atoms with E-state index in [4.69, 9.17) is 4.42 Å². The van der Waals surface area contributed by atoms with Crippen LogP contribution in [0.1, 0.15) is 56.7 Å². The molecular weight excluding hydrogens is 240 g/mol. The lowest BCUT2D eigenvalue weighted by molar-refractivity contribution is -0.121. The van der Waals surface area contributed by atoms with Crippen molar-refractivity contribution in [2.45, 2.75) is 59.5 Å². The maximum atomic E-state index is 11.8. The van der Waals surface area contributed by atoms with Gasteiger partial charge >= 0.3 is 0 Å². The molecule has 1 aromatic rings. The van der Waals surface area contributed by atoms with Crippen molar-refractivity contribution in [3.8, 4) is 0 Å². The van der Waals surface area contributed by atoms with E-state index in [0.717, 1.165) is 30.0 Å². The molecule has 1 unspecified atom stereocenters. The Morgan fingerprint density at radius 3 is 2.53 bits per heavy atom. The molecule has 0 radical (unpaired) electrons. The average Bonchev–Trinajstić information content (AvgIpc) is 2.64. The lowest BCUT2D eigenvalue weighted by Gasteiger charge is -2.13. The summed E-state index contributed by atoms with van der Waals surface area (Å²) in [5, 5.41) is 6.32. The van der Waals surface area contributed by atoms with Gasteiger partial charge in [-0.1, -0.05) is 13.8 Å². The number of rotatable bonds is 7. The lowest BCUT2D eigenvalue weighted by Crippen LogP contribution is -2.29. The highest BCUT2D eigenvalue weighted by atomic mass is 16.3. The minimum Gasteiger partial charge on any atom is -0.466 e. The Bertz CT molecular complexity index is 410. The molecule has 1 atom stereocenters. The quantitative estimate of drug-likeness (QED) is 0.746. The van der Waals surface area contributed by atoms with Crippen molar-refractivity contribution in [2.24, 2.45) is 0 Å². The Morgan fingerprint density at radius 1 is 1.32 bits per heavy atom. The molecule has 0 bridgehead atoms. The Kier molecular flexibility index (Phi) is 6.09. The minimum absolute atomic E-state index is 0.00279. The van der Waals surface area contributed by atoms with Crippen LogP contribution >= 0.6 is 0 Å². The Labute approximate surface area is 116 Å². The van der Waals surface area contributed by atoms with Crippen LogP contribution in [0.4, 0.5) is 0 Å². The van der Waals surface area contributed by atoms with Crippen molar-refractivity contribution in [2.75, 3.05) is 6.54 Å². The van der Waals surface area contributed by atoms with Gasteiger partial charge in [-0.3, -0.25) is 4.79 Å². The maximum Gasteiger partial charge on any atom is 0.220 e. The van der Waals surface area contributed by atoms with Gasteiger partial charge in [0.05, 0.1) is 6.04 Å². The SMILES string of the molecule is Cc1cc(C(C)NC(=O)CCCNC(C)C)c(C)o1. The molecule has 1 rings (SSSR count). The summed E-state index contributed by atoms with van der Waals surface area (Å²) in [5.74, 6) is 1.86. The van der Waals surface area contributed by atoms with Gasteiger partial charge in [-0.2, -0.15) is 0 Å². The standard InChI is InChI=1S/C15H26N2O2/c1-10(2)16-8-6-7-15(18)17-12(4)14-9-11(3)19-13(14)5/h9-10,12,16H,6-8H2,1-5H3,(H,17,18). The van der Waals surface area contributed by atoms with E-state index in [-0.39, 0.29) is 11.9 Å². The molecule has 19 heavy (non-hydrogen) atoms. The monoisotopic (exact) mass is 266 g/mol. The second-order valence-electron chi connectivity index (χ2n) is 5.37. The van der Waals surface area contributed by atoms with Crippen LogP contribution < -0.4 is 10.6 Å². The van der Waals surface area contributed by atoms with E-state index < -0.39 is 0 Å². The molecule has 0 aliphatic rings. The number of carbonyl (C=O) groups excluding carboxylic acids is 1. The summed E-state index contributed by atoms with van der Waals surface area (Å²) in [7, 11) is 0. The van der Waals surface area contributed by atoms with Gasteiger partial charge in [0.2, 0.25) is 5.91 Å². The summed E-state index contributed by atoms with van der Waals surface area (Å²) in [5.41, 5.74) is 1.06. The number of hydrogen-bond donors (Lipinski definition) is 2. The fraction of sp³-hybridized carbons (Fsp3) is 0.667. The summed E-state index contributed by atoms with van der Waals surface area (Å²) in [4.78, 5) is 11.8. The lowest BCUT2D eigenvalue weighted by atomic mass is 10.1. The van der Waals surface area contributed by atoms with Crippen LogP contribution in [0.25, 0.3) is 0 Å². The van der Waals surface area contributed by atoms with Crippen LogP contribution in [0.15, 0.2) is 10.5 Å². The van der Waals surface area contributed by atoms with Gasteiger partial charge in [0.1, 0.15) is 11.5 Å². The van der Waals surface area contributed by atoms with Gasteiger partial charge in [-0.05, 0) is 39.8 Å². The van der Waals surface area contributed by atoms with E-state index in [1.54, 1.807) is 0 Å². The highest BCUT2D eigenvalue weighted by Gasteiger charge is 2.14. The fourth-order valence-electron chi connectivity index (χ4n) is 2.11. The molecule has 0 fully saturated rings. The van der Waals surface area contributed by atoms with Crippen LogP contribution in [0, 0.1) is 13.8 Å². The van der Waals surface area contributed by atoms with Crippen molar-refractivity contribution in [3.63, 3.8) is 0 Å². The first-order valence-corrected chi connectivity index (χ1v) is 6.99. The highest BCUT2D eigenvalue weighted by molar-refractivity contribution is 5.76. The first-order valence-electron chi connectivity index (χ1n) is 6.99. The van der Waals surface area contributed by atoms with Crippen LogP contribution in [-0.4, -0.2) is 18.5 Å². The molecule has 2 N–H and O–H groups in total. The number of carbonyl (C=O) groups is 1. The average molecular weight is 266 g/mol. The van der Waals surface area contributed by atoms with Crippen molar-refractivity contribution >= 4 is 5.91 Å². The molecule has 1 aromatic heterocycles. The van der Waals surface area contributed by atoms with Crippen molar-refractivity contribution in [3.05, 3.63) is 23.2 Å². The van der Waals surface area contributed by atoms with Gasteiger partial charge in [0.25, 0.3) is 0 Å². The zero-order valence-corrected chi connectivity index (χ0v) is 12.7. The maximum absolute atomic E-state index is 11.8. The summed E-state index contributed by atoms with van der Waals surface area (Å²) in [6.07, 6.45) is 1.42. The molecule has 1 heterocycles. The van der Waals surface area contributed by atoms with Crippen LogP contribution in [-0.2, 0) is 4.79 Å². The van der Waals surface area contributed by atoms with Gasteiger partial charge in [0, 0.05) is 18.0 Å². The highest BCUT2D eigenvalue weighted by Crippen LogP contribution is 2.21. The van der Waals surface area contributed by atoms with E-state index in [9.17, 15) is 4.79 Å². The molecule has 4 nitrogen and oxygen atoms in total. The third kappa shape index (κ3) is 5.47. The molecule has 0 aliphatic heterocycles. The fourth-order valence-corrected chi connectivity index (χ4v) is 2.11. The summed E-state index contributed by atoms with van der Waals surface area (Å²) >= 11 is 0.